The Morgan fingerprint density at radius 2 is 2.26 bits per heavy atom. The summed E-state index contributed by atoms with van der Waals surface area (Å²) in [6.45, 7) is 0.988. The summed E-state index contributed by atoms with van der Waals surface area (Å²) >= 11 is 0. The third-order valence-electron chi connectivity index (χ3n) is 3.61. The number of rotatable bonds is 4. The minimum atomic E-state index is -0.333. The molecule has 2 heterocycles. The number of amides is 2. The maximum Gasteiger partial charge on any atom is 0.245 e. The van der Waals surface area contributed by atoms with Crippen molar-refractivity contribution >= 4 is 11.8 Å². The van der Waals surface area contributed by atoms with E-state index in [1.807, 2.05) is 0 Å². The van der Waals surface area contributed by atoms with Crippen molar-refractivity contribution in [2.45, 2.75) is 31.7 Å². The van der Waals surface area contributed by atoms with Gasteiger partial charge in [0.05, 0.1) is 0 Å². The highest BCUT2D eigenvalue weighted by Crippen LogP contribution is 2.34. The molecule has 2 fully saturated rings. The summed E-state index contributed by atoms with van der Waals surface area (Å²) in [7, 11) is 0. The molecule has 1 aromatic heterocycles. The van der Waals surface area contributed by atoms with Crippen molar-refractivity contribution in [1.82, 2.24) is 20.4 Å². The Morgan fingerprint density at radius 1 is 1.42 bits per heavy atom. The lowest BCUT2D eigenvalue weighted by atomic mass is 10.1. The molecule has 0 bridgehead atoms. The molecular weight excluding hydrogens is 248 g/mol. The Hall–Kier alpha value is -1.92. The van der Waals surface area contributed by atoms with E-state index in [1.54, 1.807) is 4.90 Å². The maximum absolute atomic E-state index is 12.4. The van der Waals surface area contributed by atoms with Crippen LogP contribution in [0.3, 0.4) is 0 Å². The second-order valence-corrected chi connectivity index (χ2v) is 5.06. The number of hydrogen-bond acceptors (Lipinski definition) is 5. The summed E-state index contributed by atoms with van der Waals surface area (Å²) in [5.41, 5.74) is 0. The molecule has 1 saturated heterocycles. The van der Waals surface area contributed by atoms with Crippen LogP contribution < -0.4 is 5.32 Å². The molecule has 1 unspecified atom stereocenters. The topological polar surface area (TPSA) is 88.3 Å². The third kappa shape index (κ3) is 2.74. The minimum Gasteiger partial charge on any atom is -0.344 e. The van der Waals surface area contributed by atoms with Gasteiger partial charge in [-0.2, -0.15) is 4.98 Å². The van der Waals surface area contributed by atoms with Crippen LogP contribution in [0, 0.1) is 5.92 Å². The van der Waals surface area contributed by atoms with Gasteiger partial charge in [-0.15, -0.1) is 0 Å². The van der Waals surface area contributed by atoms with E-state index in [9.17, 15) is 9.59 Å². The van der Waals surface area contributed by atoms with E-state index in [0.717, 1.165) is 12.8 Å². The molecule has 1 N–H and O–H groups in total. The van der Waals surface area contributed by atoms with Gasteiger partial charge in [0.2, 0.25) is 18.2 Å². The lowest BCUT2D eigenvalue weighted by Crippen LogP contribution is -2.46. The van der Waals surface area contributed by atoms with Crippen LogP contribution in [-0.2, 0) is 16.0 Å². The van der Waals surface area contributed by atoms with Gasteiger partial charge in [-0.3, -0.25) is 9.59 Å². The molecule has 0 radical (unpaired) electrons. The number of hydrogen-bond donors (Lipinski definition) is 1. The molecule has 1 aliphatic carbocycles. The number of nitrogens with zero attached hydrogens (tertiary/aromatic N) is 3. The van der Waals surface area contributed by atoms with Crippen LogP contribution in [0.2, 0.25) is 0 Å². The number of nitrogens with one attached hydrogen (secondary N) is 1. The van der Waals surface area contributed by atoms with Crippen LogP contribution in [0.5, 0.6) is 0 Å². The van der Waals surface area contributed by atoms with Gasteiger partial charge in [0.15, 0.2) is 5.82 Å². The van der Waals surface area contributed by atoms with Gasteiger partial charge in [0.25, 0.3) is 0 Å². The predicted octanol–water partition coefficient (Wildman–Crippen LogP) is -0.261. The fraction of sp³-hybridized carbons (Fsp3) is 0.667. The molecule has 0 aromatic carbocycles. The molecule has 0 spiro atoms. The van der Waals surface area contributed by atoms with Crippen LogP contribution in [0.1, 0.15) is 25.1 Å². The zero-order chi connectivity index (χ0) is 13.2. The van der Waals surface area contributed by atoms with Crippen LogP contribution in [0.4, 0.5) is 0 Å². The number of carbonyl (C=O) groups is 2. The SMILES string of the molecule is O=C1CCN(CCc2ncon2)C(=O)C(C2CC2)N1. The minimum absolute atomic E-state index is 0.0249. The van der Waals surface area contributed by atoms with Crippen molar-refractivity contribution in [3.05, 3.63) is 12.2 Å². The first-order chi connectivity index (χ1) is 9.24. The molecule has 1 aromatic rings. The van der Waals surface area contributed by atoms with Crippen molar-refractivity contribution in [3.8, 4) is 0 Å². The summed E-state index contributed by atoms with van der Waals surface area (Å²) in [5, 5.41) is 6.56. The van der Waals surface area contributed by atoms with Crippen molar-refractivity contribution in [3.63, 3.8) is 0 Å². The van der Waals surface area contributed by atoms with Crippen molar-refractivity contribution in [2.75, 3.05) is 13.1 Å². The molecule has 3 rings (SSSR count). The quantitative estimate of drug-likeness (QED) is 0.809. The highest BCUT2D eigenvalue weighted by molar-refractivity contribution is 5.90. The van der Waals surface area contributed by atoms with Gasteiger partial charge in [0.1, 0.15) is 6.04 Å². The monoisotopic (exact) mass is 264 g/mol. The smallest absolute Gasteiger partial charge is 0.245 e. The molecule has 7 heteroatoms. The summed E-state index contributed by atoms with van der Waals surface area (Å²) < 4.78 is 4.66. The molecule has 102 valence electrons. The van der Waals surface area contributed by atoms with Gasteiger partial charge in [-0.05, 0) is 18.8 Å². The molecule has 7 nitrogen and oxygen atoms in total. The number of carbonyl (C=O) groups excluding carboxylic acids is 2. The largest absolute Gasteiger partial charge is 0.344 e. The normalized spacial score (nSPS) is 24.2. The fourth-order valence-corrected chi connectivity index (χ4v) is 2.36. The Morgan fingerprint density at radius 3 is 2.95 bits per heavy atom. The van der Waals surface area contributed by atoms with Crippen molar-refractivity contribution in [1.29, 1.82) is 0 Å². The zero-order valence-electron chi connectivity index (χ0n) is 10.5. The van der Waals surface area contributed by atoms with Gasteiger partial charge in [-0.25, -0.2) is 0 Å². The number of aromatic nitrogens is 2. The second kappa shape index (κ2) is 4.99. The van der Waals surface area contributed by atoms with Gasteiger partial charge in [0, 0.05) is 25.9 Å². The first kappa shape index (κ1) is 12.1. The van der Waals surface area contributed by atoms with E-state index in [0.29, 0.717) is 37.7 Å². The Kier molecular flexibility index (Phi) is 3.18. The maximum atomic E-state index is 12.4. The summed E-state index contributed by atoms with van der Waals surface area (Å²) in [6.07, 6.45) is 4.23. The predicted molar refractivity (Wildman–Crippen MR) is 63.9 cm³/mol. The van der Waals surface area contributed by atoms with Crippen LogP contribution in [0.15, 0.2) is 10.9 Å². The summed E-state index contributed by atoms with van der Waals surface area (Å²) in [6, 6.07) is -0.333. The van der Waals surface area contributed by atoms with Crippen LogP contribution in [-0.4, -0.2) is 46.0 Å². The van der Waals surface area contributed by atoms with E-state index in [2.05, 4.69) is 20.0 Å². The lowest BCUT2D eigenvalue weighted by molar-refractivity contribution is -0.134. The molecule has 1 aliphatic heterocycles. The summed E-state index contributed by atoms with van der Waals surface area (Å²) in [5.74, 6) is 0.894. The second-order valence-electron chi connectivity index (χ2n) is 5.06. The van der Waals surface area contributed by atoms with E-state index in [1.165, 1.54) is 6.39 Å². The first-order valence-corrected chi connectivity index (χ1v) is 6.57. The van der Waals surface area contributed by atoms with Crippen LogP contribution >= 0.6 is 0 Å². The van der Waals surface area contributed by atoms with Gasteiger partial charge in [-0.1, -0.05) is 5.16 Å². The molecule has 19 heavy (non-hydrogen) atoms. The molecule has 1 saturated carbocycles. The Labute approximate surface area is 110 Å². The Balaban J connectivity index is 1.65. The van der Waals surface area contributed by atoms with Crippen molar-refractivity contribution < 1.29 is 14.1 Å². The van der Waals surface area contributed by atoms with Gasteiger partial charge < -0.3 is 14.7 Å². The van der Waals surface area contributed by atoms with E-state index < -0.39 is 0 Å². The molecule has 1 atom stereocenters. The summed E-state index contributed by atoms with van der Waals surface area (Å²) in [4.78, 5) is 29.7. The zero-order valence-corrected chi connectivity index (χ0v) is 10.5. The van der Waals surface area contributed by atoms with E-state index >= 15 is 0 Å². The lowest BCUT2D eigenvalue weighted by Gasteiger charge is -2.23. The molecular formula is C12H16N4O3. The van der Waals surface area contributed by atoms with Crippen molar-refractivity contribution in [2.24, 2.45) is 5.92 Å². The average molecular weight is 264 g/mol. The standard InChI is InChI=1S/C12H16N4O3/c17-10-4-6-16(5-3-9-13-7-19-15-9)12(18)11(14-10)8-1-2-8/h7-8,11H,1-6H2,(H,14,17). The molecule has 2 aliphatic rings. The molecule has 2 amide bonds. The fourth-order valence-electron chi connectivity index (χ4n) is 2.36. The first-order valence-electron chi connectivity index (χ1n) is 6.57. The van der Waals surface area contributed by atoms with E-state index in [-0.39, 0.29) is 17.9 Å². The Bertz CT molecular complexity index is 469. The highest BCUT2D eigenvalue weighted by atomic mass is 16.5. The van der Waals surface area contributed by atoms with Gasteiger partial charge >= 0.3 is 0 Å². The third-order valence-corrected chi connectivity index (χ3v) is 3.61. The highest BCUT2D eigenvalue weighted by Gasteiger charge is 2.40. The van der Waals surface area contributed by atoms with E-state index in [4.69, 9.17) is 0 Å². The average Bonchev–Trinajstić information content (AvgIpc) is 3.13. The van der Waals surface area contributed by atoms with Crippen LogP contribution in [0.25, 0.3) is 0 Å².